The zero-order chi connectivity index (χ0) is 13.8. The Labute approximate surface area is 120 Å². The third-order valence-corrected chi connectivity index (χ3v) is 3.12. The molecule has 0 bridgehead atoms. The van der Waals surface area contributed by atoms with Crippen molar-refractivity contribution in [3.8, 4) is 0 Å². The SMILES string of the molecule is CNc1ccc(C(=O)Nc2c(Cl)cccc2Cl)nc1. The van der Waals surface area contributed by atoms with Crippen LogP contribution in [0.25, 0.3) is 0 Å². The fourth-order valence-electron chi connectivity index (χ4n) is 1.47. The van der Waals surface area contributed by atoms with Crippen molar-refractivity contribution < 1.29 is 4.79 Å². The summed E-state index contributed by atoms with van der Waals surface area (Å²) in [5.41, 5.74) is 1.50. The number of pyridine rings is 1. The predicted octanol–water partition coefficient (Wildman–Crippen LogP) is 3.68. The highest BCUT2D eigenvalue weighted by Crippen LogP contribution is 2.30. The predicted molar refractivity (Wildman–Crippen MR) is 78.2 cm³/mol. The van der Waals surface area contributed by atoms with E-state index in [0.717, 1.165) is 5.69 Å². The van der Waals surface area contributed by atoms with Crippen LogP contribution in [0.3, 0.4) is 0 Å². The highest BCUT2D eigenvalue weighted by molar-refractivity contribution is 6.39. The number of aromatic nitrogens is 1. The van der Waals surface area contributed by atoms with Gasteiger partial charge in [-0.2, -0.15) is 0 Å². The highest BCUT2D eigenvalue weighted by Gasteiger charge is 2.12. The molecule has 1 aromatic carbocycles. The Morgan fingerprint density at radius 2 is 1.84 bits per heavy atom. The minimum Gasteiger partial charge on any atom is -0.387 e. The molecule has 98 valence electrons. The molecule has 0 unspecified atom stereocenters. The molecule has 1 aromatic heterocycles. The Balaban J connectivity index is 2.20. The lowest BCUT2D eigenvalue weighted by atomic mass is 10.3. The van der Waals surface area contributed by atoms with Crippen LogP contribution in [0.15, 0.2) is 36.5 Å². The number of carbonyl (C=O) groups excluding carboxylic acids is 1. The van der Waals surface area contributed by atoms with Crippen LogP contribution in [-0.2, 0) is 0 Å². The number of para-hydroxylation sites is 1. The lowest BCUT2D eigenvalue weighted by Gasteiger charge is -2.08. The Morgan fingerprint density at radius 3 is 2.37 bits per heavy atom. The molecule has 6 heteroatoms. The molecule has 0 aliphatic carbocycles. The summed E-state index contributed by atoms with van der Waals surface area (Å²) in [5, 5.41) is 6.34. The van der Waals surface area contributed by atoms with Crippen molar-refractivity contribution in [1.29, 1.82) is 0 Å². The molecule has 0 aliphatic rings. The average molecular weight is 296 g/mol. The minimum atomic E-state index is -0.363. The van der Waals surface area contributed by atoms with Gasteiger partial charge in [0.25, 0.3) is 5.91 Å². The first kappa shape index (κ1) is 13.6. The summed E-state index contributed by atoms with van der Waals surface area (Å²) >= 11 is 12.0. The first-order valence-electron chi connectivity index (χ1n) is 5.51. The number of amides is 1. The third kappa shape index (κ3) is 3.16. The summed E-state index contributed by atoms with van der Waals surface area (Å²) in [6.07, 6.45) is 1.57. The standard InChI is InChI=1S/C13H11Cl2N3O/c1-16-8-5-6-11(17-7-8)13(19)18-12-9(14)3-2-4-10(12)15/h2-7,16H,1H3,(H,18,19). The average Bonchev–Trinajstić information content (AvgIpc) is 2.43. The molecule has 19 heavy (non-hydrogen) atoms. The number of halogens is 2. The van der Waals surface area contributed by atoms with Crippen LogP contribution in [-0.4, -0.2) is 17.9 Å². The third-order valence-electron chi connectivity index (χ3n) is 2.49. The maximum atomic E-state index is 12.0. The number of carbonyl (C=O) groups is 1. The van der Waals surface area contributed by atoms with Crippen LogP contribution < -0.4 is 10.6 Å². The molecular formula is C13H11Cl2N3O. The van der Waals surface area contributed by atoms with Crippen molar-refractivity contribution in [2.24, 2.45) is 0 Å². The van der Waals surface area contributed by atoms with E-state index in [4.69, 9.17) is 23.2 Å². The summed E-state index contributed by atoms with van der Waals surface area (Å²) in [7, 11) is 1.78. The van der Waals surface area contributed by atoms with Crippen LogP contribution >= 0.6 is 23.2 Å². The molecule has 0 saturated carbocycles. The Bertz CT molecular complexity index is 579. The number of nitrogens with zero attached hydrogens (tertiary/aromatic N) is 1. The van der Waals surface area contributed by atoms with Gasteiger partial charge in [0.05, 0.1) is 27.6 Å². The van der Waals surface area contributed by atoms with E-state index in [1.165, 1.54) is 0 Å². The van der Waals surface area contributed by atoms with Crippen molar-refractivity contribution in [3.05, 3.63) is 52.3 Å². The van der Waals surface area contributed by atoms with Crippen LogP contribution in [0.5, 0.6) is 0 Å². The van der Waals surface area contributed by atoms with Crippen molar-refractivity contribution in [2.75, 3.05) is 17.7 Å². The number of hydrogen-bond donors (Lipinski definition) is 2. The van der Waals surface area contributed by atoms with E-state index >= 15 is 0 Å². The van der Waals surface area contributed by atoms with Gasteiger partial charge in [-0.25, -0.2) is 4.98 Å². The Hall–Kier alpha value is -1.78. The Kier molecular flexibility index (Phi) is 4.24. The maximum absolute atomic E-state index is 12.0. The Morgan fingerprint density at radius 1 is 1.16 bits per heavy atom. The van der Waals surface area contributed by atoms with Gasteiger partial charge in [-0.3, -0.25) is 4.79 Å². The highest BCUT2D eigenvalue weighted by atomic mass is 35.5. The van der Waals surface area contributed by atoms with Gasteiger partial charge in [-0.15, -0.1) is 0 Å². The molecule has 0 aliphatic heterocycles. The van der Waals surface area contributed by atoms with Crippen LogP contribution in [0.4, 0.5) is 11.4 Å². The first-order chi connectivity index (χ1) is 9.11. The van der Waals surface area contributed by atoms with E-state index in [0.29, 0.717) is 15.7 Å². The molecule has 1 amide bonds. The largest absolute Gasteiger partial charge is 0.387 e. The molecule has 0 radical (unpaired) electrons. The fraction of sp³-hybridized carbons (Fsp3) is 0.0769. The lowest BCUT2D eigenvalue weighted by Crippen LogP contribution is -2.14. The van der Waals surface area contributed by atoms with Gasteiger partial charge in [-0.05, 0) is 24.3 Å². The van der Waals surface area contributed by atoms with Gasteiger partial charge >= 0.3 is 0 Å². The minimum absolute atomic E-state index is 0.287. The fourth-order valence-corrected chi connectivity index (χ4v) is 1.96. The van der Waals surface area contributed by atoms with Crippen molar-refractivity contribution in [1.82, 2.24) is 4.98 Å². The molecule has 4 nitrogen and oxygen atoms in total. The van der Waals surface area contributed by atoms with E-state index in [1.54, 1.807) is 43.6 Å². The first-order valence-corrected chi connectivity index (χ1v) is 6.26. The molecule has 0 atom stereocenters. The van der Waals surface area contributed by atoms with Crippen molar-refractivity contribution >= 4 is 40.5 Å². The lowest BCUT2D eigenvalue weighted by molar-refractivity contribution is 0.102. The van der Waals surface area contributed by atoms with Gasteiger partial charge in [0, 0.05) is 7.05 Å². The molecule has 0 saturated heterocycles. The normalized spacial score (nSPS) is 10.1. The molecule has 2 aromatic rings. The molecule has 0 fully saturated rings. The number of rotatable bonds is 3. The molecular weight excluding hydrogens is 285 g/mol. The van der Waals surface area contributed by atoms with E-state index in [2.05, 4.69) is 15.6 Å². The van der Waals surface area contributed by atoms with Crippen LogP contribution in [0, 0.1) is 0 Å². The van der Waals surface area contributed by atoms with E-state index in [-0.39, 0.29) is 11.6 Å². The van der Waals surface area contributed by atoms with E-state index in [1.807, 2.05) is 0 Å². The second-order valence-corrected chi connectivity index (χ2v) is 4.55. The molecule has 2 rings (SSSR count). The van der Waals surface area contributed by atoms with E-state index < -0.39 is 0 Å². The van der Waals surface area contributed by atoms with Crippen molar-refractivity contribution in [3.63, 3.8) is 0 Å². The molecule has 2 N–H and O–H groups in total. The van der Waals surface area contributed by atoms with Crippen LogP contribution in [0.1, 0.15) is 10.5 Å². The molecule has 0 spiro atoms. The van der Waals surface area contributed by atoms with Gasteiger partial charge in [0.2, 0.25) is 0 Å². The number of benzene rings is 1. The summed E-state index contributed by atoms with van der Waals surface area (Å²) in [6.45, 7) is 0. The topological polar surface area (TPSA) is 54.0 Å². The summed E-state index contributed by atoms with van der Waals surface area (Å²) in [5.74, 6) is -0.363. The maximum Gasteiger partial charge on any atom is 0.274 e. The van der Waals surface area contributed by atoms with Gasteiger partial charge < -0.3 is 10.6 Å². The number of anilines is 2. The smallest absolute Gasteiger partial charge is 0.274 e. The van der Waals surface area contributed by atoms with Gasteiger partial charge in [-0.1, -0.05) is 29.3 Å². The second kappa shape index (κ2) is 5.91. The zero-order valence-electron chi connectivity index (χ0n) is 10.1. The quantitative estimate of drug-likeness (QED) is 0.908. The van der Waals surface area contributed by atoms with Crippen LogP contribution in [0.2, 0.25) is 10.0 Å². The number of hydrogen-bond acceptors (Lipinski definition) is 3. The van der Waals surface area contributed by atoms with Crippen molar-refractivity contribution in [2.45, 2.75) is 0 Å². The summed E-state index contributed by atoms with van der Waals surface area (Å²) in [6, 6.07) is 8.39. The summed E-state index contributed by atoms with van der Waals surface area (Å²) in [4.78, 5) is 16.1. The number of nitrogens with one attached hydrogen (secondary N) is 2. The second-order valence-electron chi connectivity index (χ2n) is 3.73. The monoisotopic (exact) mass is 295 g/mol. The van der Waals surface area contributed by atoms with Gasteiger partial charge in [0.15, 0.2) is 0 Å². The zero-order valence-corrected chi connectivity index (χ0v) is 11.6. The van der Waals surface area contributed by atoms with Gasteiger partial charge in [0.1, 0.15) is 5.69 Å². The summed E-state index contributed by atoms with van der Waals surface area (Å²) < 4.78 is 0. The molecule has 1 heterocycles. The van der Waals surface area contributed by atoms with E-state index in [9.17, 15) is 4.79 Å².